The molecule has 1 heterocycles. The molecule has 0 aromatic heterocycles. The zero-order chi connectivity index (χ0) is 22.8. The van der Waals surface area contributed by atoms with Crippen molar-refractivity contribution in [1.82, 2.24) is 5.32 Å². The molecule has 1 aliphatic heterocycles. The second-order valence-electron chi connectivity index (χ2n) is 7.85. The minimum Gasteiger partial charge on any atom is -0.494 e. The van der Waals surface area contributed by atoms with Gasteiger partial charge in [0.25, 0.3) is 5.91 Å². The van der Waals surface area contributed by atoms with Crippen molar-refractivity contribution in [3.8, 4) is 5.75 Å². The zero-order valence-corrected chi connectivity index (χ0v) is 17.9. The lowest BCUT2D eigenvalue weighted by Crippen LogP contribution is -2.35. The van der Waals surface area contributed by atoms with E-state index in [4.69, 9.17) is 4.74 Å². The molecule has 0 fully saturated rings. The van der Waals surface area contributed by atoms with Gasteiger partial charge in [-0.3, -0.25) is 9.59 Å². The van der Waals surface area contributed by atoms with Crippen LogP contribution in [0.15, 0.2) is 65.0 Å². The summed E-state index contributed by atoms with van der Waals surface area (Å²) in [4.78, 5) is 26.2. The lowest BCUT2D eigenvalue weighted by Gasteiger charge is -2.34. The Labute approximate surface area is 185 Å². The highest BCUT2D eigenvalue weighted by molar-refractivity contribution is 6.09. The van der Waals surface area contributed by atoms with E-state index in [9.17, 15) is 18.4 Å². The number of ketones is 1. The Morgan fingerprint density at radius 1 is 1.16 bits per heavy atom. The van der Waals surface area contributed by atoms with E-state index in [0.29, 0.717) is 48.1 Å². The van der Waals surface area contributed by atoms with Gasteiger partial charge in [0.05, 0.1) is 12.3 Å². The third kappa shape index (κ3) is 4.15. The maximum absolute atomic E-state index is 14.2. The van der Waals surface area contributed by atoms with Gasteiger partial charge in [-0.2, -0.15) is 0 Å². The Hall–Kier alpha value is -3.48. The SMILES string of the molecule is CCOc1ccc(C2C(C(=O)Nc3ccc(F)cc3F)=C(C)NC3=C2C(=O)CCC3)cc1. The number of carbonyl (C=O) groups is 2. The van der Waals surface area contributed by atoms with Gasteiger partial charge in [0.1, 0.15) is 17.4 Å². The molecule has 2 aromatic rings. The molecule has 0 bridgehead atoms. The van der Waals surface area contributed by atoms with E-state index in [2.05, 4.69) is 10.6 Å². The van der Waals surface area contributed by atoms with Gasteiger partial charge >= 0.3 is 0 Å². The highest BCUT2D eigenvalue weighted by Gasteiger charge is 2.38. The topological polar surface area (TPSA) is 67.4 Å². The Bertz CT molecular complexity index is 1140. The highest BCUT2D eigenvalue weighted by atomic mass is 19.1. The predicted molar refractivity (Wildman–Crippen MR) is 117 cm³/mol. The smallest absolute Gasteiger partial charge is 0.254 e. The van der Waals surface area contributed by atoms with Crippen molar-refractivity contribution in [3.63, 3.8) is 0 Å². The van der Waals surface area contributed by atoms with Gasteiger partial charge < -0.3 is 15.4 Å². The van der Waals surface area contributed by atoms with Crippen LogP contribution in [0.25, 0.3) is 0 Å². The van der Waals surface area contributed by atoms with Gasteiger partial charge in [-0.05, 0) is 56.5 Å². The van der Waals surface area contributed by atoms with E-state index in [-0.39, 0.29) is 11.5 Å². The number of allylic oxidation sites excluding steroid dienone is 3. The maximum atomic E-state index is 14.2. The first-order chi connectivity index (χ1) is 15.4. The van der Waals surface area contributed by atoms with Gasteiger partial charge in [0, 0.05) is 40.9 Å². The molecule has 0 radical (unpaired) electrons. The average molecular weight is 438 g/mol. The summed E-state index contributed by atoms with van der Waals surface area (Å²) in [5.41, 5.74) is 2.95. The monoisotopic (exact) mass is 438 g/mol. The number of hydrogen-bond donors (Lipinski definition) is 2. The van der Waals surface area contributed by atoms with Crippen LogP contribution in [0.5, 0.6) is 5.75 Å². The molecule has 1 amide bonds. The van der Waals surface area contributed by atoms with Crippen molar-refractivity contribution in [3.05, 3.63) is 82.2 Å². The van der Waals surface area contributed by atoms with E-state index < -0.39 is 23.5 Å². The zero-order valence-electron chi connectivity index (χ0n) is 17.9. The fourth-order valence-electron chi connectivity index (χ4n) is 4.32. The van der Waals surface area contributed by atoms with Crippen LogP contribution in [0.4, 0.5) is 14.5 Å². The molecule has 7 heteroatoms. The van der Waals surface area contributed by atoms with Crippen molar-refractivity contribution in [2.24, 2.45) is 0 Å². The molecule has 2 aliphatic rings. The number of anilines is 1. The largest absolute Gasteiger partial charge is 0.494 e. The first-order valence-corrected chi connectivity index (χ1v) is 10.6. The van der Waals surface area contributed by atoms with Crippen LogP contribution in [0, 0.1) is 11.6 Å². The molecule has 0 spiro atoms. The summed E-state index contributed by atoms with van der Waals surface area (Å²) in [5, 5.41) is 5.76. The van der Waals surface area contributed by atoms with Crippen LogP contribution in [0.1, 0.15) is 44.6 Å². The molecule has 0 saturated carbocycles. The van der Waals surface area contributed by atoms with E-state index >= 15 is 0 Å². The van der Waals surface area contributed by atoms with Crippen molar-refractivity contribution in [2.75, 3.05) is 11.9 Å². The summed E-state index contributed by atoms with van der Waals surface area (Å²) >= 11 is 0. The van der Waals surface area contributed by atoms with Gasteiger partial charge in [-0.15, -0.1) is 0 Å². The van der Waals surface area contributed by atoms with Crippen molar-refractivity contribution in [2.45, 2.75) is 39.0 Å². The molecule has 2 N–H and O–H groups in total. The Morgan fingerprint density at radius 2 is 1.91 bits per heavy atom. The first kappa shape index (κ1) is 21.7. The molecule has 166 valence electrons. The van der Waals surface area contributed by atoms with Gasteiger partial charge in [0.15, 0.2) is 5.78 Å². The number of benzene rings is 2. The van der Waals surface area contributed by atoms with Gasteiger partial charge in [-0.1, -0.05) is 12.1 Å². The molecular weight excluding hydrogens is 414 g/mol. The van der Waals surface area contributed by atoms with Crippen LogP contribution >= 0.6 is 0 Å². The minimum absolute atomic E-state index is 0.0107. The number of rotatable bonds is 5. The van der Waals surface area contributed by atoms with E-state index in [0.717, 1.165) is 23.7 Å². The first-order valence-electron chi connectivity index (χ1n) is 10.6. The second-order valence-corrected chi connectivity index (χ2v) is 7.85. The minimum atomic E-state index is -0.869. The molecular formula is C25H24F2N2O3. The second kappa shape index (κ2) is 8.94. The Morgan fingerprint density at radius 3 is 2.59 bits per heavy atom. The molecule has 5 nitrogen and oxygen atoms in total. The summed E-state index contributed by atoms with van der Waals surface area (Å²) in [7, 11) is 0. The van der Waals surface area contributed by atoms with Crippen molar-refractivity contribution < 1.29 is 23.1 Å². The number of halogens is 2. The standard InChI is InChI=1S/C25H24F2N2O3/c1-3-32-17-10-7-15(8-11-17)23-22(14(2)28-20-5-4-6-21(30)24(20)23)25(31)29-19-12-9-16(26)13-18(19)27/h7-13,23,28H,3-6H2,1-2H3,(H,29,31). The van der Waals surface area contributed by atoms with Crippen LogP contribution in [-0.2, 0) is 9.59 Å². The molecule has 2 aromatic carbocycles. The normalized spacial score (nSPS) is 18.2. The number of nitrogens with one attached hydrogen (secondary N) is 2. The third-order valence-corrected chi connectivity index (χ3v) is 5.72. The Kier molecular flexibility index (Phi) is 6.08. The fraction of sp³-hybridized carbons (Fsp3) is 0.280. The van der Waals surface area contributed by atoms with Crippen molar-refractivity contribution in [1.29, 1.82) is 0 Å². The number of hydrogen-bond acceptors (Lipinski definition) is 4. The maximum Gasteiger partial charge on any atom is 0.254 e. The van der Waals surface area contributed by atoms with E-state index in [1.165, 1.54) is 6.07 Å². The number of ether oxygens (including phenoxy) is 1. The van der Waals surface area contributed by atoms with E-state index in [1.54, 1.807) is 19.1 Å². The molecule has 0 saturated heterocycles. The fourth-order valence-corrected chi connectivity index (χ4v) is 4.32. The summed E-state index contributed by atoms with van der Waals surface area (Å²) in [6.07, 6.45) is 1.87. The van der Waals surface area contributed by atoms with Crippen molar-refractivity contribution >= 4 is 17.4 Å². The molecule has 1 aliphatic carbocycles. The van der Waals surface area contributed by atoms with Crippen LogP contribution < -0.4 is 15.4 Å². The highest BCUT2D eigenvalue weighted by Crippen LogP contribution is 2.42. The predicted octanol–water partition coefficient (Wildman–Crippen LogP) is 4.97. The molecule has 1 atom stereocenters. The summed E-state index contributed by atoms with van der Waals surface area (Å²) in [5.74, 6) is -2.07. The summed E-state index contributed by atoms with van der Waals surface area (Å²) in [6.45, 7) is 4.18. The lowest BCUT2D eigenvalue weighted by atomic mass is 9.75. The van der Waals surface area contributed by atoms with Gasteiger partial charge in [-0.25, -0.2) is 8.78 Å². The number of Topliss-reactive ketones (excluding diaryl/α,β-unsaturated/α-hetero) is 1. The Balaban J connectivity index is 1.76. The number of dihydropyridines is 1. The number of carbonyl (C=O) groups excluding carboxylic acids is 2. The van der Waals surface area contributed by atoms with Crippen LogP contribution in [-0.4, -0.2) is 18.3 Å². The third-order valence-electron chi connectivity index (χ3n) is 5.72. The molecule has 32 heavy (non-hydrogen) atoms. The average Bonchev–Trinajstić information content (AvgIpc) is 2.75. The summed E-state index contributed by atoms with van der Waals surface area (Å²) < 4.78 is 33.0. The van der Waals surface area contributed by atoms with Gasteiger partial charge in [0.2, 0.25) is 0 Å². The quantitative estimate of drug-likeness (QED) is 0.692. The van der Waals surface area contributed by atoms with Crippen LogP contribution in [0.3, 0.4) is 0 Å². The number of amides is 1. The van der Waals surface area contributed by atoms with E-state index in [1.807, 2.05) is 19.1 Å². The van der Waals surface area contributed by atoms with Crippen LogP contribution in [0.2, 0.25) is 0 Å². The molecule has 4 rings (SSSR count). The molecule has 1 unspecified atom stereocenters. The summed E-state index contributed by atoms with van der Waals surface area (Å²) in [6, 6.07) is 10.3. The lowest BCUT2D eigenvalue weighted by molar-refractivity contribution is -0.116.